The van der Waals surface area contributed by atoms with Crippen molar-refractivity contribution in [1.82, 2.24) is 9.62 Å². The van der Waals surface area contributed by atoms with Gasteiger partial charge in [-0.3, -0.25) is 4.79 Å². The summed E-state index contributed by atoms with van der Waals surface area (Å²) in [6, 6.07) is 14.6. The van der Waals surface area contributed by atoms with E-state index >= 15 is 0 Å². The molecule has 0 saturated carbocycles. The summed E-state index contributed by atoms with van der Waals surface area (Å²) in [4.78, 5) is 12.9. The normalized spacial score (nSPS) is 18.4. The molecule has 1 saturated heterocycles. The second-order valence-electron chi connectivity index (χ2n) is 7.93. The first-order valence-corrected chi connectivity index (χ1v) is 12.3. The Morgan fingerprint density at radius 2 is 2.00 bits per heavy atom. The summed E-state index contributed by atoms with van der Waals surface area (Å²) in [5, 5.41) is 3.30. The minimum absolute atomic E-state index is 0.0140. The van der Waals surface area contributed by atoms with Crippen LogP contribution in [0.1, 0.15) is 31.7 Å². The smallest absolute Gasteiger partial charge is 0.243 e. The van der Waals surface area contributed by atoms with E-state index in [4.69, 9.17) is 16.3 Å². The highest BCUT2D eigenvalue weighted by Gasteiger charge is 2.34. The number of carbonyl (C=O) groups excluding carboxylic acids is 1. The number of hydrogen-bond donors (Lipinski definition) is 1. The molecule has 1 heterocycles. The number of piperidine rings is 1. The van der Waals surface area contributed by atoms with E-state index < -0.39 is 10.0 Å². The molecule has 2 aromatic rings. The number of amides is 1. The van der Waals surface area contributed by atoms with Crippen LogP contribution < -0.4 is 10.1 Å². The van der Waals surface area contributed by atoms with Crippen LogP contribution in [0, 0.1) is 5.92 Å². The summed E-state index contributed by atoms with van der Waals surface area (Å²) >= 11 is 6.11. The van der Waals surface area contributed by atoms with Gasteiger partial charge in [0.15, 0.2) is 0 Å². The molecule has 2 aromatic carbocycles. The fraction of sp³-hybridized carbons (Fsp3) is 0.435. The molecule has 0 bridgehead atoms. The minimum atomic E-state index is -3.74. The Bertz CT molecular complexity index is 998. The van der Waals surface area contributed by atoms with E-state index in [1.54, 1.807) is 0 Å². The van der Waals surface area contributed by atoms with Crippen molar-refractivity contribution in [2.45, 2.75) is 43.5 Å². The Morgan fingerprint density at radius 3 is 2.68 bits per heavy atom. The minimum Gasteiger partial charge on any atom is -0.495 e. The summed E-state index contributed by atoms with van der Waals surface area (Å²) in [5.41, 5.74) is 1.23. The SMILES string of the molecule is COc1ccc(S(=O)(=O)N2CCC[C@H](C(=O)N[C@@H](C)CCc3ccccc3)C2)cc1Cl. The van der Waals surface area contributed by atoms with Crippen molar-refractivity contribution in [2.24, 2.45) is 5.92 Å². The van der Waals surface area contributed by atoms with Gasteiger partial charge in [-0.25, -0.2) is 8.42 Å². The molecule has 6 nitrogen and oxygen atoms in total. The van der Waals surface area contributed by atoms with E-state index in [0.717, 1.165) is 12.8 Å². The first kappa shape index (κ1) is 23.6. The Balaban J connectivity index is 1.60. The first-order valence-electron chi connectivity index (χ1n) is 10.5. The summed E-state index contributed by atoms with van der Waals surface area (Å²) in [5.74, 6) is -0.0364. The predicted octanol–water partition coefficient (Wildman–Crippen LogP) is 3.89. The van der Waals surface area contributed by atoms with Crippen LogP contribution in [-0.4, -0.2) is 44.9 Å². The summed E-state index contributed by atoms with van der Waals surface area (Å²) in [6.45, 7) is 2.54. The van der Waals surface area contributed by atoms with Crippen LogP contribution in [-0.2, 0) is 21.2 Å². The van der Waals surface area contributed by atoms with Crippen molar-refractivity contribution < 1.29 is 17.9 Å². The fourth-order valence-electron chi connectivity index (χ4n) is 3.79. The number of aryl methyl sites for hydroxylation is 1. The lowest BCUT2D eigenvalue weighted by molar-refractivity contribution is -0.126. The number of carbonyl (C=O) groups is 1. The molecule has 0 spiro atoms. The molecule has 8 heteroatoms. The molecule has 1 aliphatic heterocycles. The number of nitrogens with one attached hydrogen (secondary N) is 1. The van der Waals surface area contributed by atoms with Gasteiger partial charge in [-0.1, -0.05) is 41.9 Å². The van der Waals surface area contributed by atoms with Crippen molar-refractivity contribution in [2.75, 3.05) is 20.2 Å². The van der Waals surface area contributed by atoms with Gasteiger partial charge in [0.25, 0.3) is 0 Å². The number of sulfonamides is 1. The highest BCUT2D eigenvalue weighted by molar-refractivity contribution is 7.89. The van der Waals surface area contributed by atoms with Crippen LogP contribution in [0.25, 0.3) is 0 Å². The second-order valence-corrected chi connectivity index (χ2v) is 10.3. The zero-order valence-corrected chi connectivity index (χ0v) is 19.5. The number of ether oxygens (including phenoxy) is 1. The average molecular weight is 465 g/mol. The van der Waals surface area contributed by atoms with Crippen molar-refractivity contribution in [3.8, 4) is 5.75 Å². The van der Waals surface area contributed by atoms with Crippen molar-refractivity contribution in [1.29, 1.82) is 0 Å². The van der Waals surface area contributed by atoms with Crippen LogP contribution in [0.2, 0.25) is 5.02 Å². The maximum Gasteiger partial charge on any atom is 0.243 e. The lowest BCUT2D eigenvalue weighted by atomic mass is 9.98. The molecule has 1 aliphatic rings. The van der Waals surface area contributed by atoms with Crippen LogP contribution in [0.5, 0.6) is 5.75 Å². The van der Waals surface area contributed by atoms with Gasteiger partial charge in [0.2, 0.25) is 15.9 Å². The maximum atomic E-state index is 13.1. The third kappa shape index (κ3) is 5.99. The van der Waals surface area contributed by atoms with Crippen molar-refractivity contribution in [3.63, 3.8) is 0 Å². The summed E-state index contributed by atoms with van der Waals surface area (Å²) in [6.07, 6.45) is 3.02. The number of methoxy groups -OCH3 is 1. The lowest BCUT2D eigenvalue weighted by Crippen LogP contribution is -2.47. The molecular formula is C23H29ClN2O4S. The Hall–Kier alpha value is -2.09. The molecule has 2 atom stereocenters. The molecule has 31 heavy (non-hydrogen) atoms. The third-order valence-corrected chi connectivity index (χ3v) is 7.77. The zero-order valence-electron chi connectivity index (χ0n) is 17.9. The number of hydrogen-bond acceptors (Lipinski definition) is 4. The van der Waals surface area contributed by atoms with E-state index in [1.165, 1.54) is 35.2 Å². The molecule has 0 radical (unpaired) electrons. The highest BCUT2D eigenvalue weighted by Crippen LogP contribution is 2.30. The largest absolute Gasteiger partial charge is 0.495 e. The average Bonchev–Trinajstić information content (AvgIpc) is 2.78. The summed E-state index contributed by atoms with van der Waals surface area (Å²) in [7, 11) is -2.26. The molecule has 0 aliphatic carbocycles. The standard InChI is InChI=1S/C23H29ClN2O4S/c1-17(10-11-18-7-4-3-5-8-18)25-23(27)19-9-6-14-26(16-19)31(28,29)20-12-13-22(30-2)21(24)15-20/h3-5,7-8,12-13,15,17,19H,6,9-11,14,16H2,1-2H3,(H,25,27)/t17-,19-/m0/s1. The molecule has 168 valence electrons. The van der Waals surface area contributed by atoms with Gasteiger partial charge in [0, 0.05) is 19.1 Å². The monoisotopic (exact) mass is 464 g/mol. The maximum absolute atomic E-state index is 13.1. The molecular weight excluding hydrogens is 436 g/mol. The predicted molar refractivity (Wildman–Crippen MR) is 122 cm³/mol. The second kappa shape index (κ2) is 10.5. The van der Waals surface area contributed by atoms with Crippen LogP contribution in [0.15, 0.2) is 53.4 Å². The van der Waals surface area contributed by atoms with Gasteiger partial charge in [-0.15, -0.1) is 0 Å². The third-order valence-electron chi connectivity index (χ3n) is 5.61. The van der Waals surface area contributed by atoms with E-state index in [2.05, 4.69) is 17.4 Å². The van der Waals surface area contributed by atoms with Crippen LogP contribution >= 0.6 is 11.6 Å². The van der Waals surface area contributed by atoms with Gasteiger partial charge in [-0.05, 0) is 56.4 Å². The van der Waals surface area contributed by atoms with Crippen molar-refractivity contribution in [3.05, 3.63) is 59.1 Å². The summed E-state index contributed by atoms with van der Waals surface area (Å²) < 4.78 is 32.6. The fourth-order valence-corrected chi connectivity index (χ4v) is 5.67. The number of benzene rings is 2. The first-order chi connectivity index (χ1) is 14.8. The number of rotatable bonds is 8. The van der Waals surface area contributed by atoms with Gasteiger partial charge >= 0.3 is 0 Å². The Morgan fingerprint density at radius 1 is 1.26 bits per heavy atom. The van der Waals surface area contributed by atoms with Crippen LogP contribution in [0.4, 0.5) is 0 Å². The molecule has 3 rings (SSSR count). The Labute approximate surface area is 189 Å². The molecule has 0 unspecified atom stereocenters. The molecule has 1 amide bonds. The van der Waals surface area contributed by atoms with Crippen molar-refractivity contribution >= 4 is 27.5 Å². The van der Waals surface area contributed by atoms with E-state index in [0.29, 0.717) is 25.1 Å². The van der Waals surface area contributed by atoms with Gasteiger partial charge < -0.3 is 10.1 Å². The molecule has 0 aromatic heterocycles. The van der Waals surface area contributed by atoms with Gasteiger partial charge in [-0.2, -0.15) is 4.31 Å². The van der Waals surface area contributed by atoms with E-state index in [1.807, 2.05) is 25.1 Å². The lowest BCUT2D eigenvalue weighted by Gasteiger charge is -2.32. The number of nitrogens with zero attached hydrogens (tertiary/aromatic N) is 1. The highest BCUT2D eigenvalue weighted by atomic mass is 35.5. The quantitative estimate of drug-likeness (QED) is 0.643. The van der Waals surface area contributed by atoms with E-state index in [-0.39, 0.29) is 34.3 Å². The topological polar surface area (TPSA) is 75.7 Å². The van der Waals surface area contributed by atoms with E-state index in [9.17, 15) is 13.2 Å². The number of halogens is 1. The Kier molecular flexibility index (Phi) is 7.97. The zero-order chi connectivity index (χ0) is 22.4. The van der Waals surface area contributed by atoms with Gasteiger partial charge in [0.1, 0.15) is 5.75 Å². The van der Waals surface area contributed by atoms with Crippen LogP contribution in [0.3, 0.4) is 0 Å². The molecule has 1 N–H and O–H groups in total. The molecule has 1 fully saturated rings. The van der Waals surface area contributed by atoms with Gasteiger partial charge in [0.05, 0.1) is 22.9 Å².